The number of carbonyl (C=O) groups is 2. The molecule has 0 radical (unpaired) electrons. The molecule has 0 bridgehead atoms. The summed E-state index contributed by atoms with van der Waals surface area (Å²) in [6.07, 6.45) is -2.03. The van der Waals surface area contributed by atoms with Crippen LogP contribution in [-0.2, 0) is 20.7 Å². The van der Waals surface area contributed by atoms with E-state index in [9.17, 15) is 19.8 Å². The summed E-state index contributed by atoms with van der Waals surface area (Å²) in [4.78, 5) is 22.9. The van der Waals surface area contributed by atoms with Gasteiger partial charge in [-0.1, -0.05) is 6.07 Å². The van der Waals surface area contributed by atoms with Gasteiger partial charge in [0.15, 0.2) is 6.10 Å². The summed E-state index contributed by atoms with van der Waals surface area (Å²) in [6.45, 7) is 5.15. The molecule has 1 unspecified atom stereocenters. The van der Waals surface area contributed by atoms with Gasteiger partial charge in [-0.15, -0.1) is 0 Å². The fourth-order valence-electron chi connectivity index (χ4n) is 1.67. The Balaban J connectivity index is 2.82. The van der Waals surface area contributed by atoms with Crippen molar-refractivity contribution in [1.29, 1.82) is 0 Å². The molecule has 0 saturated heterocycles. The van der Waals surface area contributed by atoms with Gasteiger partial charge in [0.05, 0.1) is 12.8 Å². The molecule has 1 atom stereocenters. The van der Waals surface area contributed by atoms with Crippen molar-refractivity contribution in [2.24, 2.45) is 0 Å². The van der Waals surface area contributed by atoms with Gasteiger partial charge in [0.2, 0.25) is 0 Å². The molecule has 0 saturated carbocycles. The van der Waals surface area contributed by atoms with Crippen molar-refractivity contribution < 1.29 is 29.3 Å². The lowest BCUT2D eigenvalue weighted by atomic mass is 10.1. The predicted octanol–water partition coefficient (Wildman–Crippen LogP) is 1.82. The van der Waals surface area contributed by atoms with Crippen LogP contribution < -0.4 is 5.32 Å². The Kier molecular flexibility index (Phi) is 5.76. The molecule has 0 aromatic heterocycles. The van der Waals surface area contributed by atoms with E-state index in [0.29, 0.717) is 5.56 Å². The van der Waals surface area contributed by atoms with Gasteiger partial charge in [0.1, 0.15) is 11.4 Å². The van der Waals surface area contributed by atoms with E-state index in [2.05, 4.69) is 10.1 Å². The standard InChI is InChI=1S/C15H21NO6/c1-15(2,3)22-14(20)16-10-7-9(5-6-11(10)17)8-12(18)13(19)21-4/h5-7,12,17-18H,8H2,1-4H3,(H,16,20). The first-order valence-corrected chi connectivity index (χ1v) is 6.70. The smallest absolute Gasteiger partial charge is 0.412 e. The highest BCUT2D eigenvalue weighted by atomic mass is 16.6. The number of anilines is 1. The van der Waals surface area contributed by atoms with Crippen LogP contribution >= 0.6 is 0 Å². The van der Waals surface area contributed by atoms with E-state index in [0.717, 1.165) is 0 Å². The molecule has 7 heteroatoms. The number of benzene rings is 1. The summed E-state index contributed by atoms with van der Waals surface area (Å²) in [5, 5.41) is 21.8. The number of ether oxygens (including phenoxy) is 2. The molecule has 0 spiro atoms. The molecule has 122 valence electrons. The van der Waals surface area contributed by atoms with Gasteiger partial charge in [-0.2, -0.15) is 0 Å². The maximum absolute atomic E-state index is 11.7. The van der Waals surface area contributed by atoms with Gasteiger partial charge in [-0.05, 0) is 38.5 Å². The number of methoxy groups -OCH3 is 1. The molecule has 0 aliphatic heterocycles. The maximum atomic E-state index is 11.7. The molecular weight excluding hydrogens is 290 g/mol. The van der Waals surface area contributed by atoms with E-state index in [1.54, 1.807) is 20.8 Å². The van der Waals surface area contributed by atoms with Crippen molar-refractivity contribution >= 4 is 17.7 Å². The number of aliphatic hydroxyl groups is 1. The summed E-state index contributed by atoms with van der Waals surface area (Å²) >= 11 is 0. The van der Waals surface area contributed by atoms with Crippen LogP contribution in [0.25, 0.3) is 0 Å². The second kappa shape index (κ2) is 7.13. The monoisotopic (exact) mass is 311 g/mol. The Hall–Kier alpha value is -2.28. The van der Waals surface area contributed by atoms with Crippen LogP contribution in [-0.4, -0.2) is 41.1 Å². The SMILES string of the molecule is COC(=O)C(O)Cc1ccc(O)c(NC(=O)OC(C)(C)C)c1. The highest BCUT2D eigenvalue weighted by Gasteiger charge is 2.19. The first-order chi connectivity index (χ1) is 10.1. The number of amides is 1. The van der Waals surface area contributed by atoms with Gasteiger partial charge >= 0.3 is 12.1 Å². The third-order valence-corrected chi connectivity index (χ3v) is 2.60. The third-order valence-electron chi connectivity index (χ3n) is 2.60. The number of hydrogen-bond donors (Lipinski definition) is 3. The number of phenols is 1. The van der Waals surface area contributed by atoms with Crippen LogP contribution in [0.5, 0.6) is 5.75 Å². The molecule has 22 heavy (non-hydrogen) atoms. The molecule has 0 aliphatic rings. The van der Waals surface area contributed by atoms with Crippen molar-refractivity contribution in [1.82, 2.24) is 0 Å². The van der Waals surface area contributed by atoms with E-state index in [4.69, 9.17) is 4.74 Å². The van der Waals surface area contributed by atoms with Crippen molar-refractivity contribution in [3.05, 3.63) is 23.8 Å². The summed E-state index contributed by atoms with van der Waals surface area (Å²) in [5.74, 6) is -0.906. The average Bonchev–Trinajstić information content (AvgIpc) is 2.39. The lowest BCUT2D eigenvalue weighted by molar-refractivity contribution is -0.150. The van der Waals surface area contributed by atoms with E-state index in [-0.39, 0.29) is 17.9 Å². The number of esters is 1. The topological polar surface area (TPSA) is 105 Å². The maximum Gasteiger partial charge on any atom is 0.412 e. The van der Waals surface area contributed by atoms with Gasteiger partial charge in [0, 0.05) is 6.42 Å². The number of rotatable bonds is 4. The molecule has 0 heterocycles. The molecule has 1 amide bonds. The predicted molar refractivity (Wildman–Crippen MR) is 79.7 cm³/mol. The number of phenolic OH excluding ortho intramolecular Hbond substituents is 1. The Labute approximate surface area is 128 Å². The number of nitrogens with one attached hydrogen (secondary N) is 1. The first kappa shape index (κ1) is 17.8. The molecule has 1 rings (SSSR count). The van der Waals surface area contributed by atoms with Gasteiger partial charge < -0.3 is 19.7 Å². The Bertz CT molecular complexity index is 549. The molecule has 0 aliphatic carbocycles. The highest BCUT2D eigenvalue weighted by Crippen LogP contribution is 2.25. The fourth-order valence-corrected chi connectivity index (χ4v) is 1.67. The molecule has 1 aromatic rings. The molecule has 7 nitrogen and oxygen atoms in total. The number of carbonyl (C=O) groups excluding carboxylic acids is 2. The largest absolute Gasteiger partial charge is 0.506 e. The third kappa shape index (κ3) is 5.61. The lowest BCUT2D eigenvalue weighted by Gasteiger charge is -2.20. The van der Waals surface area contributed by atoms with Crippen molar-refractivity contribution in [2.45, 2.75) is 38.9 Å². The van der Waals surface area contributed by atoms with Crippen LogP contribution in [0, 0.1) is 0 Å². The average molecular weight is 311 g/mol. The summed E-state index contributed by atoms with van der Waals surface area (Å²) < 4.78 is 9.52. The van der Waals surface area contributed by atoms with Crippen LogP contribution in [0.1, 0.15) is 26.3 Å². The normalized spacial score (nSPS) is 12.4. The minimum absolute atomic E-state index is 0.00402. The summed E-state index contributed by atoms with van der Waals surface area (Å²) in [5.41, 5.74) is 0.00357. The van der Waals surface area contributed by atoms with E-state index >= 15 is 0 Å². The molecule has 1 aromatic carbocycles. The van der Waals surface area contributed by atoms with Crippen molar-refractivity contribution in [3.8, 4) is 5.75 Å². The fraction of sp³-hybridized carbons (Fsp3) is 0.467. The van der Waals surface area contributed by atoms with Gasteiger partial charge in [-0.25, -0.2) is 9.59 Å². The van der Waals surface area contributed by atoms with Crippen LogP contribution in [0.2, 0.25) is 0 Å². The Morgan fingerprint density at radius 3 is 2.50 bits per heavy atom. The van der Waals surface area contributed by atoms with Crippen molar-refractivity contribution in [3.63, 3.8) is 0 Å². The van der Waals surface area contributed by atoms with E-state index in [1.165, 1.54) is 25.3 Å². The van der Waals surface area contributed by atoms with Crippen molar-refractivity contribution in [2.75, 3.05) is 12.4 Å². The number of hydrogen-bond acceptors (Lipinski definition) is 6. The zero-order chi connectivity index (χ0) is 16.9. The molecular formula is C15H21NO6. The second-order valence-corrected chi connectivity index (χ2v) is 5.72. The van der Waals surface area contributed by atoms with E-state index in [1.807, 2.05) is 0 Å². The summed E-state index contributed by atoms with van der Waals surface area (Å²) in [6, 6.07) is 4.33. The van der Waals surface area contributed by atoms with Crippen LogP contribution in [0.4, 0.5) is 10.5 Å². The van der Waals surface area contributed by atoms with Crippen LogP contribution in [0.3, 0.4) is 0 Å². The van der Waals surface area contributed by atoms with Crippen LogP contribution in [0.15, 0.2) is 18.2 Å². The van der Waals surface area contributed by atoms with E-state index < -0.39 is 23.8 Å². The molecule has 3 N–H and O–H groups in total. The molecule has 0 fully saturated rings. The minimum atomic E-state index is -1.32. The first-order valence-electron chi connectivity index (χ1n) is 6.70. The zero-order valence-corrected chi connectivity index (χ0v) is 13.0. The minimum Gasteiger partial charge on any atom is -0.506 e. The Morgan fingerprint density at radius 2 is 1.95 bits per heavy atom. The number of aromatic hydroxyl groups is 1. The zero-order valence-electron chi connectivity index (χ0n) is 13.0. The van der Waals surface area contributed by atoms with Gasteiger partial charge in [-0.3, -0.25) is 5.32 Å². The second-order valence-electron chi connectivity index (χ2n) is 5.72. The lowest BCUT2D eigenvalue weighted by Crippen LogP contribution is -2.27. The number of aliphatic hydroxyl groups excluding tert-OH is 1. The Morgan fingerprint density at radius 1 is 1.32 bits per heavy atom. The summed E-state index contributed by atoms with van der Waals surface area (Å²) in [7, 11) is 1.18. The van der Waals surface area contributed by atoms with Gasteiger partial charge in [0.25, 0.3) is 0 Å². The highest BCUT2D eigenvalue weighted by molar-refractivity contribution is 5.87. The quantitative estimate of drug-likeness (QED) is 0.578.